The normalized spacial score (nSPS) is 10.7. The van der Waals surface area contributed by atoms with Crippen LogP contribution in [0.3, 0.4) is 0 Å². The fraction of sp³-hybridized carbons (Fsp3) is 0.333. The molecular weight excluding hydrogens is 232 g/mol. The monoisotopic (exact) mass is 248 g/mol. The van der Waals surface area contributed by atoms with Gasteiger partial charge in [0.05, 0.1) is 11.0 Å². The van der Waals surface area contributed by atoms with Gasteiger partial charge in [-0.3, -0.25) is 0 Å². The maximum absolute atomic E-state index is 5.45. The molecule has 1 aromatic heterocycles. The molecule has 5 heteroatoms. The first-order chi connectivity index (χ1) is 8.15. The number of nitrogens with zero attached hydrogens (tertiary/aromatic N) is 2. The molecule has 0 fully saturated rings. The number of hydrogen-bond donors (Lipinski definition) is 2. The van der Waals surface area contributed by atoms with Crippen LogP contribution in [0.5, 0.6) is 0 Å². The molecule has 0 aliphatic rings. The quantitative estimate of drug-likeness (QED) is 0.818. The highest BCUT2D eigenvalue weighted by Crippen LogP contribution is 2.20. The average Bonchev–Trinajstić information content (AvgIpc) is 2.64. The third kappa shape index (κ3) is 2.24. The maximum atomic E-state index is 5.45. The molecule has 2 rings (SSSR count). The number of anilines is 1. The summed E-state index contributed by atoms with van der Waals surface area (Å²) >= 11 is 4.82. The molecule has 0 saturated carbocycles. The number of fused-ring (bicyclic) bond motifs is 1. The summed E-state index contributed by atoms with van der Waals surface area (Å²) in [4.78, 5) is 4.61. The van der Waals surface area contributed by atoms with Crippen LogP contribution in [-0.4, -0.2) is 14.7 Å². The zero-order valence-electron chi connectivity index (χ0n) is 10.0. The average molecular weight is 248 g/mol. The second-order valence-corrected chi connectivity index (χ2v) is 4.26. The van der Waals surface area contributed by atoms with Gasteiger partial charge in [-0.05, 0) is 37.3 Å². The van der Waals surface area contributed by atoms with Gasteiger partial charge in [0, 0.05) is 18.7 Å². The lowest BCUT2D eigenvalue weighted by Crippen LogP contribution is -2.18. The van der Waals surface area contributed by atoms with Crippen molar-refractivity contribution in [1.29, 1.82) is 0 Å². The number of hydrogen-bond acceptors (Lipinski definition) is 2. The van der Waals surface area contributed by atoms with E-state index in [0.29, 0.717) is 0 Å². The molecule has 0 atom stereocenters. The number of imidazole rings is 1. The van der Waals surface area contributed by atoms with Gasteiger partial charge in [0.15, 0.2) is 5.11 Å². The molecule has 1 aromatic carbocycles. The highest BCUT2D eigenvalue weighted by Gasteiger charge is 2.08. The SMILES string of the molecule is CCc1nc2cc(NC(N)=S)ccc2n1CC. The maximum Gasteiger partial charge on any atom is 0.168 e. The van der Waals surface area contributed by atoms with Crippen molar-refractivity contribution in [2.75, 3.05) is 5.32 Å². The van der Waals surface area contributed by atoms with E-state index in [2.05, 4.69) is 28.7 Å². The van der Waals surface area contributed by atoms with Gasteiger partial charge in [-0.25, -0.2) is 4.98 Å². The van der Waals surface area contributed by atoms with Crippen molar-refractivity contribution in [2.45, 2.75) is 26.8 Å². The van der Waals surface area contributed by atoms with Crippen LogP contribution in [0.4, 0.5) is 5.69 Å². The predicted octanol–water partition coefficient (Wildman–Crippen LogP) is 2.27. The van der Waals surface area contributed by atoms with Gasteiger partial charge >= 0.3 is 0 Å². The molecule has 0 radical (unpaired) electrons. The van der Waals surface area contributed by atoms with Crippen molar-refractivity contribution in [3.05, 3.63) is 24.0 Å². The van der Waals surface area contributed by atoms with E-state index in [1.165, 1.54) is 0 Å². The van der Waals surface area contributed by atoms with Gasteiger partial charge in [0.25, 0.3) is 0 Å². The Balaban J connectivity index is 2.51. The Labute approximate surface area is 106 Å². The van der Waals surface area contributed by atoms with Crippen LogP contribution in [0.2, 0.25) is 0 Å². The first-order valence-electron chi connectivity index (χ1n) is 5.71. The van der Waals surface area contributed by atoms with E-state index in [9.17, 15) is 0 Å². The van der Waals surface area contributed by atoms with Gasteiger partial charge in [0.2, 0.25) is 0 Å². The molecule has 0 spiro atoms. The zero-order valence-corrected chi connectivity index (χ0v) is 10.8. The number of nitrogens with two attached hydrogens (primary N) is 1. The summed E-state index contributed by atoms with van der Waals surface area (Å²) < 4.78 is 2.22. The fourth-order valence-corrected chi connectivity index (χ4v) is 2.14. The van der Waals surface area contributed by atoms with Crippen LogP contribution in [0.15, 0.2) is 18.2 Å². The lowest BCUT2D eigenvalue weighted by molar-refractivity contribution is 0.726. The van der Waals surface area contributed by atoms with Gasteiger partial charge in [-0.2, -0.15) is 0 Å². The van der Waals surface area contributed by atoms with Gasteiger partial charge in [-0.15, -0.1) is 0 Å². The van der Waals surface area contributed by atoms with Crippen LogP contribution in [0, 0.1) is 0 Å². The first kappa shape index (κ1) is 11.9. The molecule has 0 aliphatic heterocycles. The van der Waals surface area contributed by atoms with Crippen LogP contribution >= 0.6 is 12.2 Å². The number of rotatable bonds is 3. The third-order valence-electron chi connectivity index (χ3n) is 2.73. The van der Waals surface area contributed by atoms with Crippen LogP contribution in [0.25, 0.3) is 11.0 Å². The largest absolute Gasteiger partial charge is 0.376 e. The molecule has 0 aliphatic carbocycles. The Bertz CT molecular complexity index is 559. The molecule has 4 nitrogen and oxygen atoms in total. The van der Waals surface area contributed by atoms with Crippen molar-refractivity contribution in [3.63, 3.8) is 0 Å². The van der Waals surface area contributed by atoms with E-state index in [4.69, 9.17) is 18.0 Å². The summed E-state index contributed by atoms with van der Waals surface area (Å²) in [6.07, 6.45) is 0.931. The Kier molecular flexibility index (Phi) is 3.28. The Morgan fingerprint density at radius 3 is 2.82 bits per heavy atom. The molecule has 0 bridgehead atoms. The van der Waals surface area contributed by atoms with E-state index >= 15 is 0 Å². The molecule has 90 valence electrons. The second kappa shape index (κ2) is 4.71. The van der Waals surface area contributed by atoms with Crippen LogP contribution in [0.1, 0.15) is 19.7 Å². The van der Waals surface area contributed by atoms with Gasteiger partial charge in [0.1, 0.15) is 5.82 Å². The van der Waals surface area contributed by atoms with Gasteiger partial charge in [-0.1, -0.05) is 6.92 Å². The van der Waals surface area contributed by atoms with E-state index in [1.807, 2.05) is 18.2 Å². The summed E-state index contributed by atoms with van der Waals surface area (Å²) in [7, 11) is 0. The minimum absolute atomic E-state index is 0.273. The van der Waals surface area contributed by atoms with E-state index < -0.39 is 0 Å². The topological polar surface area (TPSA) is 55.9 Å². The Hall–Kier alpha value is -1.62. The number of aromatic nitrogens is 2. The second-order valence-electron chi connectivity index (χ2n) is 3.82. The minimum Gasteiger partial charge on any atom is -0.376 e. The van der Waals surface area contributed by atoms with Crippen LogP contribution in [-0.2, 0) is 13.0 Å². The summed E-state index contributed by atoms with van der Waals surface area (Å²) in [5.74, 6) is 1.11. The Morgan fingerprint density at radius 1 is 1.47 bits per heavy atom. The number of aryl methyl sites for hydroxylation is 2. The lowest BCUT2D eigenvalue weighted by atomic mass is 10.2. The number of benzene rings is 1. The molecule has 3 N–H and O–H groups in total. The van der Waals surface area contributed by atoms with Crippen molar-refractivity contribution >= 4 is 34.1 Å². The summed E-state index contributed by atoms with van der Waals surface area (Å²) in [6.45, 7) is 5.17. The smallest absolute Gasteiger partial charge is 0.168 e. The summed E-state index contributed by atoms with van der Waals surface area (Å²) in [5, 5.41) is 3.19. The van der Waals surface area contributed by atoms with Crippen molar-refractivity contribution in [1.82, 2.24) is 9.55 Å². The van der Waals surface area contributed by atoms with Crippen molar-refractivity contribution in [3.8, 4) is 0 Å². The standard InChI is InChI=1S/C12H16N4S/c1-3-11-15-9-7-8(14-12(13)17)5-6-10(9)16(11)4-2/h5-7H,3-4H2,1-2H3,(H3,13,14,17). The van der Waals surface area contributed by atoms with Crippen molar-refractivity contribution < 1.29 is 0 Å². The molecule has 17 heavy (non-hydrogen) atoms. The van der Waals surface area contributed by atoms with Crippen LogP contribution < -0.4 is 11.1 Å². The van der Waals surface area contributed by atoms with E-state index in [-0.39, 0.29) is 5.11 Å². The summed E-state index contributed by atoms with van der Waals surface area (Å²) in [6, 6.07) is 5.99. The highest BCUT2D eigenvalue weighted by molar-refractivity contribution is 7.80. The number of thiocarbonyl (C=S) groups is 1. The van der Waals surface area contributed by atoms with Crippen molar-refractivity contribution in [2.24, 2.45) is 5.73 Å². The van der Waals surface area contributed by atoms with Gasteiger partial charge < -0.3 is 15.6 Å². The Morgan fingerprint density at radius 2 is 2.24 bits per heavy atom. The third-order valence-corrected chi connectivity index (χ3v) is 2.83. The number of nitrogens with one attached hydrogen (secondary N) is 1. The van der Waals surface area contributed by atoms with E-state index in [0.717, 1.165) is 35.5 Å². The zero-order chi connectivity index (χ0) is 12.4. The molecule has 1 heterocycles. The molecule has 2 aromatic rings. The molecular formula is C12H16N4S. The molecule has 0 amide bonds. The minimum atomic E-state index is 0.273. The fourth-order valence-electron chi connectivity index (χ4n) is 2.02. The highest BCUT2D eigenvalue weighted by atomic mass is 32.1. The molecule has 0 unspecified atom stereocenters. The predicted molar refractivity (Wildman–Crippen MR) is 75.2 cm³/mol. The first-order valence-corrected chi connectivity index (χ1v) is 6.12. The summed E-state index contributed by atoms with van der Waals surface area (Å²) in [5.41, 5.74) is 8.46. The lowest BCUT2D eigenvalue weighted by Gasteiger charge is -2.05. The molecule has 0 saturated heterocycles. The van der Waals surface area contributed by atoms with E-state index in [1.54, 1.807) is 0 Å².